The summed E-state index contributed by atoms with van der Waals surface area (Å²) in [7, 11) is -1.19. The van der Waals surface area contributed by atoms with Crippen LogP contribution in [0.5, 0.6) is 0 Å². The molecule has 0 radical (unpaired) electrons. The Hall–Kier alpha value is -1.01. The molecule has 5 nitrogen and oxygen atoms in total. The number of aryl methyl sites for hydroxylation is 2. The summed E-state index contributed by atoms with van der Waals surface area (Å²) in [5.74, 6) is 0.289. The van der Waals surface area contributed by atoms with E-state index in [0.29, 0.717) is 5.82 Å². The average Bonchev–Trinajstić information content (AvgIpc) is 2.13. The Kier molecular flexibility index (Phi) is 4.59. The molecule has 1 N–H and O–H groups in total. The van der Waals surface area contributed by atoms with Gasteiger partial charge in [-0.2, -0.15) is 0 Å². The first-order valence-electron chi connectivity index (χ1n) is 5.49. The minimum Gasteiger partial charge on any atom is -0.319 e. The summed E-state index contributed by atoms with van der Waals surface area (Å²) >= 11 is 0. The Labute approximate surface area is 103 Å². The monoisotopic (exact) mass is 257 g/mol. The summed E-state index contributed by atoms with van der Waals surface area (Å²) in [6, 6.07) is 0. The van der Waals surface area contributed by atoms with Crippen molar-refractivity contribution in [3.05, 3.63) is 22.8 Å². The molecule has 0 saturated heterocycles. The quantitative estimate of drug-likeness (QED) is 0.826. The van der Waals surface area contributed by atoms with Crippen LogP contribution in [0.1, 0.15) is 22.8 Å². The summed E-state index contributed by atoms with van der Waals surface area (Å²) in [5.41, 5.74) is 2.83. The number of nitrogens with zero attached hydrogens (tertiary/aromatic N) is 2. The number of aromatic nitrogens is 2. The van der Waals surface area contributed by atoms with Crippen molar-refractivity contribution < 1.29 is 8.42 Å². The normalized spacial score (nSPS) is 11.8. The minimum atomic E-state index is -3.08. The molecule has 1 aromatic heterocycles. The Morgan fingerprint density at radius 3 is 2.12 bits per heavy atom. The SMILES string of the molecule is CNCCc1c(C)nc(CS(C)(=O)=O)nc1C. The predicted octanol–water partition coefficient (Wildman–Crippen LogP) is 0.400. The van der Waals surface area contributed by atoms with Crippen molar-refractivity contribution >= 4 is 9.84 Å². The molecule has 96 valence electrons. The molecule has 1 aromatic rings. The number of hydrogen-bond donors (Lipinski definition) is 1. The number of sulfone groups is 1. The van der Waals surface area contributed by atoms with Gasteiger partial charge in [-0.1, -0.05) is 0 Å². The summed E-state index contributed by atoms with van der Waals surface area (Å²) < 4.78 is 22.4. The van der Waals surface area contributed by atoms with E-state index in [1.807, 2.05) is 20.9 Å². The van der Waals surface area contributed by atoms with Gasteiger partial charge in [0.25, 0.3) is 0 Å². The maximum Gasteiger partial charge on any atom is 0.154 e. The van der Waals surface area contributed by atoms with Crippen LogP contribution in [0.2, 0.25) is 0 Å². The fourth-order valence-electron chi connectivity index (χ4n) is 1.72. The molecule has 0 aromatic carbocycles. The number of likely N-dealkylation sites (N-methyl/N-ethyl adjacent to an activating group) is 1. The fraction of sp³-hybridized carbons (Fsp3) is 0.636. The number of hydrogen-bond acceptors (Lipinski definition) is 5. The van der Waals surface area contributed by atoms with E-state index >= 15 is 0 Å². The van der Waals surface area contributed by atoms with Crippen LogP contribution in [0.4, 0.5) is 0 Å². The fourth-order valence-corrected chi connectivity index (χ4v) is 2.32. The number of nitrogens with one attached hydrogen (secondary N) is 1. The van der Waals surface area contributed by atoms with Crippen molar-refractivity contribution in [2.75, 3.05) is 19.8 Å². The second-order valence-electron chi connectivity index (χ2n) is 4.21. The highest BCUT2D eigenvalue weighted by Gasteiger charge is 2.12. The summed E-state index contributed by atoms with van der Waals surface area (Å²) in [5, 5.41) is 3.07. The highest BCUT2D eigenvalue weighted by atomic mass is 32.2. The molecule has 1 heterocycles. The molecule has 0 atom stereocenters. The molecule has 0 spiro atoms. The Morgan fingerprint density at radius 2 is 1.71 bits per heavy atom. The Morgan fingerprint density at radius 1 is 1.18 bits per heavy atom. The van der Waals surface area contributed by atoms with Crippen LogP contribution in [-0.4, -0.2) is 38.2 Å². The smallest absolute Gasteiger partial charge is 0.154 e. The van der Waals surface area contributed by atoms with Crippen LogP contribution in [0.15, 0.2) is 0 Å². The standard InChI is InChI=1S/C11H19N3O2S/c1-8-10(5-6-12-3)9(2)14-11(13-8)7-17(4,15)16/h12H,5-7H2,1-4H3. The Bertz CT molecular complexity index is 474. The van der Waals surface area contributed by atoms with Gasteiger partial charge in [0.2, 0.25) is 0 Å². The van der Waals surface area contributed by atoms with E-state index in [1.165, 1.54) is 6.26 Å². The van der Waals surface area contributed by atoms with E-state index in [9.17, 15) is 8.42 Å². The summed E-state index contributed by atoms with van der Waals surface area (Å²) in [4.78, 5) is 8.51. The largest absolute Gasteiger partial charge is 0.319 e. The highest BCUT2D eigenvalue weighted by Crippen LogP contribution is 2.12. The molecule has 1 rings (SSSR count). The zero-order chi connectivity index (χ0) is 13.1. The van der Waals surface area contributed by atoms with Crippen molar-refractivity contribution in [2.45, 2.75) is 26.0 Å². The van der Waals surface area contributed by atoms with E-state index in [1.54, 1.807) is 0 Å². The molecule has 0 saturated carbocycles. The third-order valence-electron chi connectivity index (χ3n) is 2.48. The first-order valence-corrected chi connectivity index (χ1v) is 7.55. The second-order valence-corrected chi connectivity index (χ2v) is 6.35. The van der Waals surface area contributed by atoms with Crippen molar-refractivity contribution in [2.24, 2.45) is 0 Å². The van der Waals surface area contributed by atoms with Gasteiger partial charge in [0.1, 0.15) is 11.6 Å². The molecule has 0 bridgehead atoms. The van der Waals surface area contributed by atoms with Crippen LogP contribution >= 0.6 is 0 Å². The van der Waals surface area contributed by atoms with E-state index < -0.39 is 9.84 Å². The molecular formula is C11H19N3O2S. The van der Waals surface area contributed by atoms with Gasteiger partial charge in [-0.25, -0.2) is 18.4 Å². The van der Waals surface area contributed by atoms with Crippen molar-refractivity contribution in [1.29, 1.82) is 0 Å². The maximum atomic E-state index is 11.2. The third kappa shape index (κ3) is 4.40. The van der Waals surface area contributed by atoms with Gasteiger partial charge >= 0.3 is 0 Å². The van der Waals surface area contributed by atoms with Crippen LogP contribution in [0.3, 0.4) is 0 Å². The Balaban J connectivity index is 3.01. The van der Waals surface area contributed by atoms with Crippen LogP contribution in [0, 0.1) is 13.8 Å². The molecule has 6 heteroatoms. The topological polar surface area (TPSA) is 72.0 Å². The lowest BCUT2D eigenvalue weighted by Crippen LogP contribution is -2.15. The van der Waals surface area contributed by atoms with Gasteiger partial charge in [0, 0.05) is 17.6 Å². The molecule has 0 fully saturated rings. The predicted molar refractivity (Wildman–Crippen MR) is 67.7 cm³/mol. The number of rotatable bonds is 5. The molecular weight excluding hydrogens is 238 g/mol. The minimum absolute atomic E-state index is 0.0962. The van der Waals surface area contributed by atoms with Gasteiger partial charge in [0.15, 0.2) is 9.84 Å². The maximum absolute atomic E-state index is 11.2. The van der Waals surface area contributed by atoms with E-state index in [0.717, 1.165) is 29.9 Å². The van der Waals surface area contributed by atoms with Crippen molar-refractivity contribution in [3.8, 4) is 0 Å². The van der Waals surface area contributed by atoms with Crippen molar-refractivity contribution in [1.82, 2.24) is 15.3 Å². The van der Waals surface area contributed by atoms with E-state index in [-0.39, 0.29) is 5.75 Å². The molecule has 0 aliphatic rings. The lowest BCUT2D eigenvalue weighted by atomic mass is 10.1. The molecule has 0 aliphatic carbocycles. The third-order valence-corrected chi connectivity index (χ3v) is 3.27. The zero-order valence-electron chi connectivity index (χ0n) is 10.7. The molecule has 0 aliphatic heterocycles. The molecule has 0 amide bonds. The van der Waals surface area contributed by atoms with E-state index in [2.05, 4.69) is 15.3 Å². The van der Waals surface area contributed by atoms with Gasteiger partial charge in [-0.3, -0.25) is 0 Å². The van der Waals surface area contributed by atoms with Gasteiger partial charge < -0.3 is 5.32 Å². The molecule has 0 unspecified atom stereocenters. The summed E-state index contributed by atoms with van der Waals surface area (Å²) in [6.45, 7) is 4.65. The highest BCUT2D eigenvalue weighted by molar-refractivity contribution is 7.89. The zero-order valence-corrected chi connectivity index (χ0v) is 11.6. The lowest BCUT2D eigenvalue weighted by Gasteiger charge is -2.10. The van der Waals surface area contributed by atoms with Crippen LogP contribution in [-0.2, 0) is 22.0 Å². The average molecular weight is 257 g/mol. The van der Waals surface area contributed by atoms with Crippen LogP contribution in [0.25, 0.3) is 0 Å². The van der Waals surface area contributed by atoms with Gasteiger partial charge in [-0.15, -0.1) is 0 Å². The van der Waals surface area contributed by atoms with Crippen LogP contribution < -0.4 is 5.32 Å². The second kappa shape index (κ2) is 5.55. The van der Waals surface area contributed by atoms with Gasteiger partial charge in [0.05, 0.1) is 0 Å². The lowest BCUT2D eigenvalue weighted by molar-refractivity contribution is 0.599. The van der Waals surface area contributed by atoms with Crippen molar-refractivity contribution in [3.63, 3.8) is 0 Å². The summed E-state index contributed by atoms with van der Waals surface area (Å²) in [6.07, 6.45) is 2.04. The first kappa shape index (κ1) is 14.1. The van der Waals surface area contributed by atoms with Gasteiger partial charge in [-0.05, 0) is 39.4 Å². The molecule has 17 heavy (non-hydrogen) atoms. The first-order chi connectivity index (χ1) is 7.83. The van der Waals surface area contributed by atoms with E-state index in [4.69, 9.17) is 0 Å².